The first-order valence-electron chi connectivity index (χ1n) is 4.67. The second-order valence-corrected chi connectivity index (χ2v) is 3.97. The lowest BCUT2D eigenvalue weighted by Crippen LogP contribution is -2.37. The van der Waals surface area contributed by atoms with Gasteiger partial charge in [-0.3, -0.25) is 4.79 Å². The Morgan fingerprint density at radius 1 is 1.62 bits per heavy atom. The van der Waals surface area contributed by atoms with Crippen molar-refractivity contribution < 1.29 is 9.90 Å². The molecule has 0 amide bonds. The van der Waals surface area contributed by atoms with Crippen molar-refractivity contribution in [1.82, 2.24) is 5.32 Å². The maximum atomic E-state index is 10.7. The first-order valence-corrected chi connectivity index (χ1v) is 6.06. The summed E-state index contributed by atoms with van der Waals surface area (Å²) in [6.45, 7) is 2.85. The molecule has 0 bridgehead atoms. The summed E-state index contributed by atoms with van der Waals surface area (Å²) < 4.78 is 0. The molecular formula is C9H19NO2S. The molecule has 0 radical (unpaired) electrons. The van der Waals surface area contributed by atoms with Crippen LogP contribution in [-0.2, 0) is 4.79 Å². The summed E-state index contributed by atoms with van der Waals surface area (Å²) in [6.07, 6.45) is 4.78. The molecule has 1 unspecified atom stereocenters. The SMILES string of the molecule is CCCCC(NCCSC)C(=O)O. The number of hydrogen-bond donors (Lipinski definition) is 2. The van der Waals surface area contributed by atoms with Crippen LogP contribution in [-0.4, -0.2) is 35.7 Å². The average Bonchev–Trinajstić information content (AvgIpc) is 2.10. The third-order valence-corrected chi connectivity index (χ3v) is 2.45. The van der Waals surface area contributed by atoms with Gasteiger partial charge in [-0.15, -0.1) is 0 Å². The van der Waals surface area contributed by atoms with Crippen molar-refractivity contribution in [1.29, 1.82) is 0 Å². The molecule has 0 aliphatic rings. The van der Waals surface area contributed by atoms with Gasteiger partial charge in [-0.05, 0) is 12.7 Å². The highest BCUT2D eigenvalue weighted by Gasteiger charge is 2.14. The van der Waals surface area contributed by atoms with E-state index in [4.69, 9.17) is 5.11 Å². The van der Waals surface area contributed by atoms with Gasteiger partial charge < -0.3 is 10.4 Å². The van der Waals surface area contributed by atoms with Gasteiger partial charge in [-0.1, -0.05) is 19.8 Å². The van der Waals surface area contributed by atoms with Crippen LogP contribution in [0.2, 0.25) is 0 Å². The van der Waals surface area contributed by atoms with Crippen LogP contribution in [0.1, 0.15) is 26.2 Å². The predicted octanol–water partition coefficient (Wildman–Crippen LogP) is 1.58. The minimum atomic E-state index is -0.727. The molecule has 78 valence electrons. The van der Waals surface area contributed by atoms with Crippen molar-refractivity contribution in [2.24, 2.45) is 0 Å². The predicted molar refractivity (Wildman–Crippen MR) is 57.3 cm³/mol. The van der Waals surface area contributed by atoms with Crippen molar-refractivity contribution in [2.45, 2.75) is 32.2 Å². The van der Waals surface area contributed by atoms with E-state index in [2.05, 4.69) is 12.2 Å². The third-order valence-electron chi connectivity index (χ3n) is 1.84. The first-order chi connectivity index (χ1) is 6.22. The first kappa shape index (κ1) is 12.8. The monoisotopic (exact) mass is 205 g/mol. The lowest BCUT2D eigenvalue weighted by atomic mass is 10.1. The summed E-state index contributed by atoms with van der Waals surface area (Å²) in [5.41, 5.74) is 0. The molecule has 3 nitrogen and oxygen atoms in total. The van der Waals surface area contributed by atoms with E-state index in [1.807, 2.05) is 6.26 Å². The number of rotatable bonds is 8. The van der Waals surface area contributed by atoms with Crippen LogP contribution in [0, 0.1) is 0 Å². The molecule has 0 heterocycles. The van der Waals surface area contributed by atoms with E-state index in [9.17, 15) is 4.79 Å². The molecule has 0 fully saturated rings. The van der Waals surface area contributed by atoms with E-state index >= 15 is 0 Å². The number of carbonyl (C=O) groups is 1. The molecule has 0 aliphatic heterocycles. The maximum Gasteiger partial charge on any atom is 0.320 e. The number of hydrogen-bond acceptors (Lipinski definition) is 3. The molecule has 0 aromatic rings. The smallest absolute Gasteiger partial charge is 0.320 e. The molecule has 2 N–H and O–H groups in total. The summed E-state index contributed by atoms with van der Waals surface area (Å²) in [4.78, 5) is 10.7. The highest BCUT2D eigenvalue weighted by molar-refractivity contribution is 7.98. The number of nitrogens with one attached hydrogen (secondary N) is 1. The van der Waals surface area contributed by atoms with Gasteiger partial charge in [-0.2, -0.15) is 11.8 Å². The van der Waals surface area contributed by atoms with E-state index in [1.54, 1.807) is 11.8 Å². The summed E-state index contributed by atoms with van der Waals surface area (Å²) >= 11 is 1.72. The molecule has 0 rings (SSSR count). The van der Waals surface area contributed by atoms with E-state index in [1.165, 1.54) is 0 Å². The molecule has 0 aromatic heterocycles. The van der Waals surface area contributed by atoms with Crippen LogP contribution in [0.3, 0.4) is 0 Å². The van der Waals surface area contributed by atoms with E-state index in [0.29, 0.717) is 0 Å². The fraction of sp³-hybridized carbons (Fsp3) is 0.889. The summed E-state index contributed by atoms with van der Waals surface area (Å²) in [7, 11) is 0. The summed E-state index contributed by atoms with van der Waals surface area (Å²) in [5, 5.41) is 11.9. The highest BCUT2D eigenvalue weighted by atomic mass is 32.2. The van der Waals surface area contributed by atoms with Gasteiger partial charge in [0.2, 0.25) is 0 Å². The fourth-order valence-corrected chi connectivity index (χ4v) is 1.38. The largest absolute Gasteiger partial charge is 0.480 e. The number of carboxylic acid groups (broad SMARTS) is 1. The van der Waals surface area contributed by atoms with Crippen LogP contribution in [0.4, 0.5) is 0 Å². The van der Waals surface area contributed by atoms with Gasteiger partial charge in [0, 0.05) is 12.3 Å². The lowest BCUT2D eigenvalue weighted by molar-refractivity contribution is -0.139. The second-order valence-electron chi connectivity index (χ2n) is 2.98. The third kappa shape index (κ3) is 6.90. The standard InChI is InChI=1S/C9H19NO2S/c1-3-4-5-8(9(11)12)10-6-7-13-2/h8,10H,3-7H2,1-2H3,(H,11,12). The lowest BCUT2D eigenvalue weighted by Gasteiger charge is -2.12. The minimum absolute atomic E-state index is 0.355. The Labute approximate surface area is 84.3 Å². The van der Waals surface area contributed by atoms with Crippen molar-refractivity contribution >= 4 is 17.7 Å². The second kappa shape index (κ2) is 8.38. The molecule has 0 aromatic carbocycles. The Morgan fingerprint density at radius 2 is 2.31 bits per heavy atom. The Morgan fingerprint density at radius 3 is 2.77 bits per heavy atom. The van der Waals surface area contributed by atoms with Crippen LogP contribution in [0.5, 0.6) is 0 Å². The zero-order valence-electron chi connectivity index (χ0n) is 8.38. The summed E-state index contributed by atoms with van der Waals surface area (Å²) in [6, 6.07) is -0.355. The van der Waals surface area contributed by atoms with E-state index in [0.717, 1.165) is 31.6 Å². The normalized spacial score (nSPS) is 12.8. The number of aliphatic carboxylic acids is 1. The van der Waals surface area contributed by atoms with Crippen molar-refractivity contribution in [3.63, 3.8) is 0 Å². The van der Waals surface area contributed by atoms with Gasteiger partial charge >= 0.3 is 5.97 Å². The van der Waals surface area contributed by atoms with Crippen LogP contribution in [0.25, 0.3) is 0 Å². The van der Waals surface area contributed by atoms with Crippen LogP contribution < -0.4 is 5.32 Å². The zero-order valence-corrected chi connectivity index (χ0v) is 9.19. The zero-order chi connectivity index (χ0) is 10.1. The molecule has 13 heavy (non-hydrogen) atoms. The van der Waals surface area contributed by atoms with Crippen LogP contribution >= 0.6 is 11.8 Å². The Kier molecular flexibility index (Phi) is 8.24. The average molecular weight is 205 g/mol. The quantitative estimate of drug-likeness (QED) is 0.591. The maximum absolute atomic E-state index is 10.7. The van der Waals surface area contributed by atoms with Gasteiger partial charge in [0.25, 0.3) is 0 Å². The van der Waals surface area contributed by atoms with Crippen molar-refractivity contribution in [3.05, 3.63) is 0 Å². The van der Waals surface area contributed by atoms with E-state index < -0.39 is 5.97 Å². The number of thioether (sulfide) groups is 1. The topological polar surface area (TPSA) is 49.3 Å². The van der Waals surface area contributed by atoms with Crippen molar-refractivity contribution in [3.8, 4) is 0 Å². The fourth-order valence-electron chi connectivity index (χ4n) is 1.06. The molecule has 0 aliphatic carbocycles. The van der Waals surface area contributed by atoms with Gasteiger partial charge in [0.1, 0.15) is 6.04 Å². The van der Waals surface area contributed by atoms with Gasteiger partial charge in [0.15, 0.2) is 0 Å². The molecular weight excluding hydrogens is 186 g/mol. The van der Waals surface area contributed by atoms with Crippen molar-refractivity contribution in [2.75, 3.05) is 18.6 Å². The molecule has 1 atom stereocenters. The van der Waals surface area contributed by atoms with Gasteiger partial charge in [-0.25, -0.2) is 0 Å². The summed E-state index contributed by atoms with van der Waals surface area (Å²) in [5.74, 6) is 0.241. The Bertz CT molecular complexity index is 142. The Balaban J connectivity index is 3.61. The Hall–Kier alpha value is -0.220. The molecule has 4 heteroatoms. The minimum Gasteiger partial charge on any atom is -0.480 e. The number of unbranched alkanes of at least 4 members (excludes halogenated alkanes) is 1. The van der Waals surface area contributed by atoms with Gasteiger partial charge in [0.05, 0.1) is 0 Å². The molecule has 0 spiro atoms. The number of carboxylic acids is 1. The molecule has 0 saturated heterocycles. The van der Waals surface area contributed by atoms with Crippen LogP contribution in [0.15, 0.2) is 0 Å². The molecule has 0 saturated carbocycles. The highest BCUT2D eigenvalue weighted by Crippen LogP contribution is 2.01. The van der Waals surface area contributed by atoms with E-state index in [-0.39, 0.29) is 6.04 Å².